The van der Waals surface area contributed by atoms with Crippen molar-refractivity contribution in [3.8, 4) is 16.9 Å². The molecule has 1 aromatic heterocycles. The van der Waals surface area contributed by atoms with Crippen molar-refractivity contribution in [2.24, 2.45) is 5.41 Å². The number of fused-ring (bicyclic) bond motifs is 1. The van der Waals surface area contributed by atoms with Gasteiger partial charge in [-0.1, -0.05) is 69.7 Å². The van der Waals surface area contributed by atoms with E-state index < -0.39 is 0 Å². The molecule has 144 valence electrons. The summed E-state index contributed by atoms with van der Waals surface area (Å²) in [6.07, 6.45) is 1.52. The molecule has 0 saturated heterocycles. The van der Waals surface area contributed by atoms with E-state index in [2.05, 4.69) is 93.8 Å². The summed E-state index contributed by atoms with van der Waals surface area (Å²) < 4.78 is 2.31. The van der Waals surface area contributed by atoms with Crippen molar-refractivity contribution in [3.05, 3.63) is 77.0 Å². The molecule has 0 radical (unpaired) electrons. The highest BCUT2D eigenvalue weighted by Gasteiger charge is 2.35. The number of carbonyl (C=O) groups excluding carboxylic acids is 1. The number of aryl methyl sites for hydroxylation is 1. The highest BCUT2D eigenvalue weighted by atomic mass is 16.1. The van der Waals surface area contributed by atoms with E-state index in [9.17, 15) is 4.79 Å². The zero-order valence-electron chi connectivity index (χ0n) is 17.5. The molecule has 0 N–H and O–H groups in total. The Kier molecular flexibility index (Phi) is 4.53. The second-order valence-electron chi connectivity index (χ2n) is 9.28. The Balaban J connectivity index is 1.94. The van der Waals surface area contributed by atoms with Crippen molar-refractivity contribution >= 4 is 5.78 Å². The van der Waals surface area contributed by atoms with Crippen LogP contribution in [0.3, 0.4) is 0 Å². The lowest BCUT2D eigenvalue weighted by Crippen LogP contribution is -2.27. The normalized spacial score (nSPS) is 15.7. The first-order valence-corrected chi connectivity index (χ1v) is 10.2. The van der Waals surface area contributed by atoms with Crippen molar-refractivity contribution in [2.45, 2.75) is 53.4 Å². The minimum Gasteiger partial charge on any atom is -0.313 e. The monoisotopic (exact) mass is 371 g/mol. The Morgan fingerprint density at radius 3 is 2.18 bits per heavy atom. The molecule has 2 aromatic carbocycles. The van der Waals surface area contributed by atoms with Gasteiger partial charge in [0, 0.05) is 23.4 Å². The van der Waals surface area contributed by atoms with Crippen molar-refractivity contribution < 1.29 is 4.79 Å². The lowest BCUT2D eigenvalue weighted by Gasteiger charge is -2.30. The first kappa shape index (κ1) is 18.7. The molecule has 0 amide bonds. The molecule has 4 rings (SSSR count). The van der Waals surface area contributed by atoms with Crippen LogP contribution in [0.4, 0.5) is 0 Å². The first-order chi connectivity index (χ1) is 13.2. The molecule has 0 fully saturated rings. The van der Waals surface area contributed by atoms with Crippen LogP contribution in [0.25, 0.3) is 16.9 Å². The molecule has 0 spiro atoms. The molecular weight excluding hydrogens is 342 g/mol. The maximum absolute atomic E-state index is 12.9. The maximum atomic E-state index is 12.9. The molecule has 1 heterocycles. The average Bonchev–Trinajstić information content (AvgIpc) is 3.00. The smallest absolute Gasteiger partial charge is 0.165 e. The van der Waals surface area contributed by atoms with Crippen molar-refractivity contribution in [2.75, 3.05) is 0 Å². The largest absolute Gasteiger partial charge is 0.313 e. The molecule has 1 aliphatic carbocycles. The van der Waals surface area contributed by atoms with Gasteiger partial charge in [-0.15, -0.1) is 0 Å². The number of benzene rings is 2. The minimum atomic E-state index is -0.0113. The highest BCUT2D eigenvalue weighted by Crippen LogP contribution is 2.40. The van der Waals surface area contributed by atoms with Gasteiger partial charge in [0.15, 0.2) is 5.78 Å². The van der Waals surface area contributed by atoms with Crippen LogP contribution >= 0.6 is 0 Å². The van der Waals surface area contributed by atoms with Crippen molar-refractivity contribution in [3.63, 3.8) is 0 Å². The van der Waals surface area contributed by atoms with Crippen LogP contribution in [-0.2, 0) is 6.42 Å². The van der Waals surface area contributed by atoms with E-state index in [1.165, 1.54) is 11.1 Å². The second-order valence-corrected chi connectivity index (χ2v) is 9.28. The average molecular weight is 372 g/mol. The molecule has 0 atom stereocenters. The number of ketones is 1. The van der Waals surface area contributed by atoms with E-state index >= 15 is 0 Å². The summed E-state index contributed by atoms with van der Waals surface area (Å²) in [7, 11) is 0. The van der Waals surface area contributed by atoms with Crippen LogP contribution < -0.4 is 0 Å². The number of aromatic nitrogens is 1. The minimum absolute atomic E-state index is 0.0113. The van der Waals surface area contributed by atoms with Crippen molar-refractivity contribution in [1.29, 1.82) is 0 Å². The van der Waals surface area contributed by atoms with E-state index in [1.807, 2.05) is 0 Å². The van der Waals surface area contributed by atoms with Crippen LogP contribution in [0.2, 0.25) is 0 Å². The molecule has 0 aliphatic heterocycles. The summed E-state index contributed by atoms with van der Waals surface area (Å²) in [5.74, 6) is 0.766. The van der Waals surface area contributed by atoms with Gasteiger partial charge in [0.1, 0.15) is 0 Å². The van der Waals surface area contributed by atoms with Gasteiger partial charge in [0.25, 0.3) is 0 Å². The number of nitrogens with zero attached hydrogens (tertiary/aromatic N) is 1. The number of hydrogen-bond donors (Lipinski definition) is 0. The molecule has 1 aliphatic rings. The lowest BCUT2D eigenvalue weighted by molar-refractivity contribution is 0.0911. The van der Waals surface area contributed by atoms with Gasteiger partial charge in [-0.2, -0.15) is 0 Å². The molecule has 2 nitrogen and oxygen atoms in total. The summed E-state index contributed by atoms with van der Waals surface area (Å²) in [6.45, 7) is 10.9. The zero-order chi connectivity index (χ0) is 20.1. The molecular formula is C26H29NO. The molecule has 2 heteroatoms. The third-order valence-electron chi connectivity index (χ3n) is 5.85. The van der Waals surface area contributed by atoms with Crippen molar-refractivity contribution in [1.82, 2.24) is 4.57 Å². The predicted molar refractivity (Wildman–Crippen MR) is 116 cm³/mol. The summed E-state index contributed by atoms with van der Waals surface area (Å²) in [5.41, 5.74) is 7.99. The quantitative estimate of drug-likeness (QED) is 0.500. The van der Waals surface area contributed by atoms with E-state index in [4.69, 9.17) is 0 Å². The molecule has 28 heavy (non-hydrogen) atoms. The fraction of sp³-hybridized carbons (Fsp3) is 0.346. The molecule has 3 aromatic rings. The number of Topliss-reactive ketones (excluding diaryl/α,β-unsaturated/α-hetero) is 1. The van der Waals surface area contributed by atoms with E-state index in [0.717, 1.165) is 34.6 Å². The molecule has 0 bridgehead atoms. The molecule has 0 saturated carbocycles. The van der Waals surface area contributed by atoms with E-state index in [0.29, 0.717) is 12.3 Å². The lowest BCUT2D eigenvalue weighted by atomic mass is 9.76. The fourth-order valence-corrected chi connectivity index (χ4v) is 4.25. The van der Waals surface area contributed by atoms with Gasteiger partial charge in [0.05, 0.1) is 5.69 Å². The maximum Gasteiger partial charge on any atom is 0.165 e. The van der Waals surface area contributed by atoms with Gasteiger partial charge < -0.3 is 4.57 Å². The number of carbonyl (C=O) groups is 1. The van der Waals surface area contributed by atoms with Crippen LogP contribution in [0.1, 0.15) is 67.2 Å². The SMILES string of the molecule is Cc1ccc(-c2cc3c(n2-c2ccc(C(C)C)cc2)CC(C)(C)CC3=O)cc1. The fourth-order valence-electron chi connectivity index (χ4n) is 4.25. The first-order valence-electron chi connectivity index (χ1n) is 10.2. The number of hydrogen-bond acceptors (Lipinski definition) is 1. The van der Waals surface area contributed by atoms with E-state index in [-0.39, 0.29) is 11.2 Å². The van der Waals surface area contributed by atoms with Gasteiger partial charge in [0.2, 0.25) is 0 Å². The summed E-state index contributed by atoms with van der Waals surface area (Å²) in [5, 5.41) is 0. The summed E-state index contributed by atoms with van der Waals surface area (Å²) in [6, 6.07) is 19.5. The topological polar surface area (TPSA) is 22.0 Å². The van der Waals surface area contributed by atoms with Gasteiger partial charge in [-0.3, -0.25) is 4.79 Å². The predicted octanol–water partition coefficient (Wildman–Crippen LogP) is 6.73. The Morgan fingerprint density at radius 2 is 1.57 bits per heavy atom. The Morgan fingerprint density at radius 1 is 0.929 bits per heavy atom. The van der Waals surface area contributed by atoms with Crippen LogP contribution in [0, 0.1) is 12.3 Å². The van der Waals surface area contributed by atoms with Gasteiger partial charge >= 0.3 is 0 Å². The van der Waals surface area contributed by atoms with Crippen LogP contribution in [-0.4, -0.2) is 10.4 Å². The number of rotatable bonds is 3. The Labute approximate surface area is 168 Å². The van der Waals surface area contributed by atoms with Gasteiger partial charge in [-0.25, -0.2) is 0 Å². The molecule has 0 unspecified atom stereocenters. The van der Waals surface area contributed by atoms with Crippen LogP contribution in [0.15, 0.2) is 54.6 Å². The summed E-state index contributed by atoms with van der Waals surface area (Å²) in [4.78, 5) is 12.9. The zero-order valence-corrected chi connectivity index (χ0v) is 17.5. The highest BCUT2D eigenvalue weighted by molar-refractivity contribution is 6.00. The second kappa shape index (κ2) is 6.77. The standard InChI is InChI=1S/C26H29NO/c1-17(2)19-10-12-21(13-11-19)27-23(20-8-6-18(3)7-9-20)14-22-24(27)15-26(4,5)16-25(22)28/h6-14,17H,15-16H2,1-5H3. The van der Waals surface area contributed by atoms with Gasteiger partial charge in [-0.05, 0) is 54.0 Å². The van der Waals surface area contributed by atoms with Crippen LogP contribution in [0.5, 0.6) is 0 Å². The Bertz CT molecular complexity index is 1020. The third-order valence-corrected chi connectivity index (χ3v) is 5.85. The Hall–Kier alpha value is -2.61. The van der Waals surface area contributed by atoms with E-state index in [1.54, 1.807) is 0 Å². The summed E-state index contributed by atoms with van der Waals surface area (Å²) >= 11 is 0. The third kappa shape index (κ3) is 3.32.